The second kappa shape index (κ2) is 6.76. The van der Waals surface area contributed by atoms with Gasteiger partial charge in [-0.2, -0.15) is 5.10 Å². The third-order valence-electron chi connectivity index (χ3n) is 4.05. The predicted molar refractivity (Wildman–Crippen MR) is 96.9 cm³/mol. The molecule has 3 aromatic rings. The van der Waals surface area contributed by atoms with Crippen molar-refractivity contribution in [3.8, 4) is 5.69 Å². The van der Waals surface area contributed by atoms with E-state index < -0.39 is 20.5 Å². The monoisotopic (exact) mass is 385 g/mol. The van der Waals surface area contributed by atoms with E-state index in [1.807, 2.05) is 0 Å². The zero-order chi connectivity index (χ0) is 19.8. The maximum atomic E-state index is 13.0. The van der Waals surface area contributed by atoms with E-state index >= 15 is 0 Å². The van der Waals surface area contributed by atoms with Crippen LogP contribution in [0.3, 0.4) is 0 Å². The Labute approximate surface area is 155 Å². The lowest BCUT2D eigenvalue weighted by atomic mass is 10.2. The molecule has 0 spiro atoms. The Morgan fingerprint density at radius 1 is 1.07 bits per heavy atom. The summed E-state index contributed by atoms with van der Waals surface area (Å²) in [6.45, 7) is 2.85. The van der Waals surface area contributed by atoms with Gasteiger partial charge < -0.3 is 0 Å². The predicted octanol–water partition coefficient (Wildman–Crippen LogP) is 3.12. The van der Waals surface area contributed by atoms with Crippen LogP contribution in [0.2, 0.25) is 0 Å². The first kappa shape index (κ1) is 18.5. The van der Waals surface area contributed by atoms with Gasteiger partial charge in [0.1, 0.15) is 0 Å². The van der Waals surface area contributed by atoms with Crippen molar-refractivity contribution in [2.45, 2.75) is 23.8 Å². The van der Waals surface area contributed by atoms with Crippen molar-refractivity contribution in [1.29, 1.82) is 0 Å². The van der Waals surface area contributed by atoms with E-state index in [1.165, 1.54) is 48.0 Å². The molecule has 3 rings (SSSR count). The van der Waals surface area contributed by atoms with Crippen LogP contribution in [0.15, 0.2) is 64.5 Å². The number of nitro groups is 1. The Kier molecular flexibility index (Phi) is 4.63. The van der Waals surface area contributed by atoms with Gasteiger partial charge in [0.25, 0.3) is 5.69 Å². The Bertz CT molecular complexity index is 1130. The topological polar surface area (TPSA) is 112 Å². The summed E-state index contributed by atoms with van der Waals surface area (Å²) >= 11 is 0. The summed E-state index contributed by atoms with van der Waals surface area (Å²) in [6, 6.07) is 13.2. The van der Waals surface area contributed by atoms with Crippen LogP contribution in [0.5, 0.6) is 0 Å². The lowest BCUT2D eigenvalue weighted by Gasteiger charge is -2.04. The molecule has 0 aliphatic rings. The summed E-state index contributed by atoms with van der Waals surface area (Å²) in [4.78, 5) is 22.4. The molecule has 1 aromatic heterocycles. The standard InChI is InChI=1S/C18H15N3O5S/c1-12-17(13(2)22)18(27(25,26)16-6-4-3-5-7-16)19-20(12)14-8-10-15(11-9-14)21(23)24/h3-11H,1-2H3. The molecule has 9 heteroatoms. The first-order chi connectivity index (χ1) is 12.7. The number of ketones is 1. The lowest BCUT2D eigenvalue weighted by molar-refractivity contribution is -0.384. The Morgan fingerprint density at radius 3 is 2.19 bits per heavy atom. The summed E-state index contributed by atoms with van der Waals surface area (Å²) in [5.41, 5.74) is 0.644. The van der Waals surface area contributed by atoms with Crippen molar-refractivity contribution in [3.05, 3.63) is 76.0 Å². The van der Waals surface area contributed by atoms with Gasteiger partial charge in [-0.1, -0.05) is 18.2 Å². The van der Waals surface area contributed by atoms with Gasteiger partial charge in [-0.25, -0.2) is 13.1 Å². The number of non-ortho nitro benzene ring substituents is 1. The molecule has 0 saturated carbocycles. The molecule has 1 heterocycles. The summed E-state index contributed by atoms with van der Waals surface area (Å²) in [7, 11) is -4.01. The molecule has 0 unspecified atom stereocenters. The van der Waals surface area contributed by atoms with Crippen LogP contribution < -0.4 is 0 Å². The van der Waals surface area contributed by atoms with Crippen LogP contribution in [-0.2, 0) is 9.84 Å². The summed E-state index contributed by atoms with van der Waals surface area (Å²) < 4.78 is 27.3. The lowest BCUT2D eigenvalue weighted by Crippen LogP contribution is -2.08. The second-order valence-electron chi connectivity index (χ2n) is 5.82. The molecule has 0 fully saturated rings. The number of hydrogen-bond donors (Lipinski definition) is 0. The molecule has 8 nitrogen and oxygen atoms in total. The van der Waals surface area contributed by atoms with Crippen molar-refractivity contribution in [3.63, 3.8) is 0 Å². The SMILES string of the molecule is CC(=O)c1c(S(=O)(=O)c2ccccc2)nn(-c2ccc([N+](=O)[O-])cc2)c1C. The number of nitro benzene ring substituents is 1. The zero-order valence-corrected chi connectivity index (χ0v) is 15.3. The fourth-order valence-corrected chi connectivity index (χ4v) is 4.24. The Balaban J connectivity index is 2.21. The molecule has 0 aliphatic carbocycles. The molecule has 0 aliphatic heterocycles. The number of sulfone groups is 1. The highest BCUT2D eigenvalue weighted by atomic mass is 32.2. The van der Waals surface area contributed by atoms with Gasteiger partial charge in [0, 0.05) is 12.1 Å². The fourth-order valence-electron chi connectivity index (χ4n) is 2.75. The highest BCUT2D eigenvalue weighted by Gasteiger charge is 2.30. The molecular weight excluding hydrogens is 370 g/mol. The van der Waals surface area contributed by atoms with E-state index in [4.69, 9.17) is 0 Å². The van der Waals surface area contributed by atoms with Gasteiger partial charge in [-0.15, -0.1) is 0 Å². The Morgan fingerprint density at radius 2 is 1.67 bits per heavy atom. The third-order valence-corrected chi connectivity index (χ3v) is 5.74. The quantitative estimate of drug-likeness (QED) is 0.379. The maximum Gasteiger partial charge on any atom is 0.269 e. The van der Waals surface area contributed by atoms with Crippen LogP contribution in [0.1, 0.15) is 23.0 Å². The van der Waals surface area contributed by atoms with Gasteiger partial charge in [-0.3, -0.25) is 14.9 Å². The summed E-state index contributed by atoms with van der Waals surface area (Å²) in [5.74, 6) is -0.435. The maximum absolute atomic E-state index is 13.0. The number of carbonyl (C=O) groups excluding carboxylic acids is 1. The minimum Gasteiger partial charge on any atom is -0.294 e. The van der Waals surface area contributed by atoms with Crippen LogP contribution in [0.4, 0.5) is 5.69 Å². The van der Waals surface area contributed by atoms with E-state index in [-0.39, 0.29) is 21.2 Å². The van der Waals surface area contributed by atoms with Crippen molar-refractivity contribution in [2.24, 2.45) is 0 Å². The first-order valence-electron chi connectivity index (χ1n) is 7.89. The van der Waals surface area contributed by atoms with Crippen LogP contribution >= 0.6 is 0 Å². The molecule has 0 radical (unpaired) electrons. The van der Waals surface area contributed by atoms with E-state index in [9.17, 15) is 23.3 Å². The van der Waals surface area contributed by atoms with Crippen molar-refractivity contribution < 1.29 is 18.1 Å². The first-order valence-corrected chi connectivity index (χ1v) is 9.37. The highest BCUT2D eigenvalue weighted by Crippen LogP contribution is 2.28. The van der Waals surface area contributed by atoms with E-state index in [0.717, 1.165) is 0 Å². The van der Waals surface area contributed by atoms with Gasteiger partial charge in [-0.05, 0) is 38.1 Å². The summed E-state index contributed by atoms with van der Waals surface area (Å²) in [5, 5.41) is 14.6. The fraction of sp³-hybridized carbons (Fsp3) is 0.111. The molecule has 2 aromatic carbocycles. The number of nitrogens with zero attached hydrogens (tertiary/aromatic N) is 3. The number of hydrogen-bond acceptors (Lipinski definition) is 6. The molecular formula is C18H15N3O5S. The van der Waals surface area contributed by atoms with Crippen LogP contribution in [0.25, 0.3) is 5.69 Å². The van der Waals surface area contributed by atoms with Crippen molar-refractivity contribution >= 4 is 21.3 Å². The van der Waals surface area contributed by atoms with E-state index in [1.54, 1.807) is 25.1 Å². The molecule has 0 amide bonds. The van der Waals surface area contributed by atoms with Crippen LogP contribution in [0, 0.1) is 17.0 Å². The normalized spacial score (nSPS) is 11.3. The van der Waals surface area contributed by atoms with Gasteiger partial charge in [0.2, 0.25) is 9.84 Å². The number of Topliss-reactive ketones (excluding diaryl/α,β-unsaturated/α-hetero) is 1. The molecule has 138 valence electrons. The third kappa shape index (κ3) is 3.24. The van der Waals surface area contributed by atoms with Gasteiger partial charge in [0.05, 0.1) is 26.8 Å². The van der Waals surface area contributed by atoms with Gasteiger partial charge in [0.15, 0.2) is 10.8 Å². The number of carbonyl (C=O) groups is 1. The number of rotatable bonds is 5. The summed E-state index contributed by atoms with van der Waals surface area (Å²) in [6.07, 6.45) is 0. The van der Waals surface area contributed by atoms with Crippen molar-refractivity contribution in [2.75, 3.05) is 0 Å². The average Bonchev–Trinajstić information content (AvgIpc) is 3.00. The number of benzene rings is 2. The average molecular weight is 385 g/mol. The van der Waals surface area contributed by atoms with Crippen LogP contribution in [-0.4, -0.2) is 28.9 Å². The zero-order valence-electron chi connectivity index (χ0n) is 14.5. The van der Waals surface area contributed by atoms with E-state index in [2.05, 4.69) is 5.10 Å². The largest absolute Gasteiger partial charge is 0.294 e. The molecule has 0 bridgehead atoms. The molecule has 0 saturated heterocycles. The smallest absolute Gasteiger partial charge is 0.269 e. The van der Waals surface area contributed by atoms with Crippen molar-refractivity contribution in [1.82, 2.24) is 9.78 Å². The molecule has 27 heavy (non-hydrogen) atoms. The minimum atomic E-state index is -4.01. The second-order valence-corrected chi connectivity index (χ2v) is 7.69. The number of aromatic nitrogens is 2. The Hall–Kier alpha value is -3.33. The molecule has 0 N–H and O–H groups in total. The highest BCUT2D eigenvalue weighted by molar-refractivity contribution is 7.91. The van der Waals surface area contributed by atoms with E-state index in [0.29, 0.717) is 11.4 Å². The molecule has 0 atom stereocenters. The van der Waals surface area contributed by atoms with Gasteiger partial charge >= 0.3 is 0 Å². The minimum absolute atomic E-state index is 0.00259.